The lowest BCUT2D eigenvalue weighted by molar-refractivity contribution is 0.0891. The number of nitrogen functional groups attached to an aromatic ring is 1. The number of benzene rings is 1. The standard InChI is InChI=1S/C21H28N4O2.H2/c1-14(2)27-16-6-7-19(22)18(12-16)21(23)15-8-9-24-20(11-15)25-10-4-5-17(13-25)26-3;/h6-9,11-12,14,17,23H,4-5,10,13,22H2,1-3H3;1H. The number of methoxy groups -OCH3 is 1. The average Bonchev–Trinajstić information content (AvgIpc) is 2.68. The summed E-state index contributed by atoms with van der Waals surface area (Å²) in [7, 11) is 1.75. The van der Waals surface area contributed by atoms with Crippen LogP contribution >= 0.6 is 0 Å². The van der Waals surface area contributed by atoms with Crippen molar-refractivity contribution in [1.82, 2.24) is 4.98 Å². The molecule has 1 aromatic heterocycles. The van der Waals surface area contributed by atoms with E-state index >= 15 is 0 Å². The molecule has 3 N–H and O–H groups in total. The smallest absolute Gasteiger partial charge is 0.129 e. The molecule has 0 amide bonds. The van der Waals surface area contributed by atoms with Gasteiger partial charge in [-0.3, -0.25) is 5.41 Å². The van der Waals surface area contributed by atoms with E-state index in [1.54, 1.807) is 19.4 Å². The van der Waals surface area contributed by atoms with E-state index in [-0.39, 0.29) is 13.6 Å². The molecule has 0 aliphatic carbocycles. The summed E-state index contributed by atoms with van der Waals surface area (Å²) in [5.74, 6) is 1.58. The molecule has 1 saturated heterocycles. The second-order valence-corrected chi connectivity index (χ2v) is 7.14. The van der Waals surface area contributed by atoms with Crippen molar-refractivity contribution in [3.8, 4) is 5.75 Å². The van der Waals surface area contributed by atoms with Crippen LogP contribution in [0.3, 0.4) is 0 Å². The SMILES string of the molecule is COC1CCCN(c2cc(C(=N)c3cc(OC(C)C)ccc3N)ccn2)C1.[HH]. The van der Waals surface area contributed by atoms with Crippen molar-refractivity contribution in [3.63, 3.8) is 0 Å². The van der Waals surface area contributed by atoms with Crippen LogP contribution in [0.4, 0.5) is 11.5 Å². The van der Waals surface area contributed by atoms with Crippen molar-refractivity contribution < 1.29 is 10.9 Å². The Kier molecular flexibility index (Phi) is 5.96. The monoisotopic (exact) mass is 370 g/mol. The summed E-state index contributed by atoms with van der Waals surface area (Å²) in [6.07, 6.45) is 4.19. The number of aromatic nitrogens is 1. The van der Waals surface area contributed by atoms with Crippen molar-refractivity contribution in [2.24, 2.45) is 0 Å². The number of nitrogens with two attached hydrogens (primary N) is 1. The third-order valence-corrected chi connectivity index (χ3v) is 4.74. The van der Waals surface area contributed by atoms with Gasteiger partial charge in [0.05, 0.1) is 17.9 Å². The van der Waals surface area contributed by atoms with Crippen LogP contribution in [-0.2, 0) is 4.74 Å². The van der Waals surface area contributed by atoms with Crippen LogP contribution in [0.15, 0.2) is 36.5 Å². The lowest BCUT2D eigenvalue weighted by Crippen LogP contribution is -2.39. The van der Waals surface area contributed by atoms with Gasteiger partial charge in [0.25, 0.3) is 0 Å². The van der Waals surface area contributed by atoms with Gasteiger partial charge >= 0.3 is 0 Å². The van der Waals surface area contributed by atoms with E-state index < -0.39 is 0 Å². The molecule has 2 aromatic rings. The Labute approximate surface area is 162 Å². The second kappa shape index (κ2) is 8.39. The molecule has 1 unspecified atom stereocenters. The Hall–Kier alpha value is -2.60. The highest BCUT2D eigenvalue weighted by atomic mass is 16.5. The predicted molar refractivity (Wildman–Crippen MR) is 111 cm³/mol. The highest BCUT2D eigenvalue weighted by Gasteiger charge is 2.21. The molecule has 6 heteroatoms. The fraction of sp³-hybridized carbons (Fsp3) is 0.429. The zero-order valence-electron chi connectivity index (χ0n) is 16.2. The zero-order chi connectivity index (χ0) is 19.4. The molecule has 0 bridgehead atoms. The highest BCUT2D eigenvalue weighted by Crippen LogP contribution is 2.25. The minimum absolute atomic E-state index is 0. The lowest BCUT2D eigenvalue weighted by atomic mass is 10.0. The molecular formula is C21H30N4O2. The van der Waals surface area contributed by atoms with Gasteiger partial charge in [-0.25, -0.2) is 4.98 Å². The molecule has 1 aliphatic heterocycles. The number of ether oxygens (including phenoxy) is 2. The van der Waals surface area contributed by atoms with E-state index in [1.165, 1.54) is 0 Å². The molecule has 6 nitrogen and oxygen atoms in total. The highest BCUT2D eigenvalue weighted by molar-refractivity contribution is 6.14. The molecule has 27 heavy (non-hydrogen) atoms. The number of anilines is 2. The fourth-order valence-electron chi connectivity index (χ4n) is 3.34. The molecule has 2 heterocycles. The van der Waals surface area contributed by atoms with E-state index in [9.17, 15) is 0 Å². The second-order valence-electron chi connectivity index (χ2n) is 7.14. The molecule has 3 rings (SSSR count). The molecule has 1 aromatic carbocycles. The Bertz CT molecular complexity index is 813. The van der Waals surface area contributed by atoms with Gasteiger partial charge in [-0.15, -0.1) is 0 Å². The normalized spacial score (nSPS) is 17.2. The van der Waals surface area contributed by atoms with Crippen LogP contribution < -0.4 is 15.4 Å². The van der Waals surface area contributed by atoms with Crippen LogP contribution in [0, 0.1) is 5.41 Å². The van der Waals surface area contributed by atoms with Gasteiger partial charge < -0.3 is 20.1 Å². The molecule has 1 aliphatic rings. The van der Waals surface area contributed by atoms with Crippen molar-refractivity contribution in [2.45, 2.75) is 38.9 Å². The van der Waals surface area contributed by atoms with Crippen molar-refractivity contribution in [2.75, 3.05) is 30.8 Å². The van der Waals surface area contributed by atoms with E-state index in [1.807, 2.05) is 38.1 Å². The largest absolute Gasteiger partial charge is 0.491 e. The summed E-state index contributed by atoms with van der Waals surface area (Å²) >= 11 is 0. The van der Waals surface area contributed by atoms with Gasteiger partial charge in [-0.2, -0.15) is 0 Å². The first-order chi connectivity index (χ1) is 13.0. The average molecular weight is 370 g/mol. The van der Waals surface area contributed by atoms with Crippen molar-refractivity contribution in [1.29, 1.82) is 5.41 Å². The zero-order valence-corrected chi connectivity index (χ0v) is 16.2. The number of pyridine rings is 1. The molecule has 146 valence electrons. The number of nitrogens with one attached hydrogen (secondary N) is 1. The third kappa shape index (κ3) is 4.57. The van der Waals surface area contributed by atoms with E-state index in [0.29, 0.717) is 22.7 Å². The van der Waals surface area contributed by atoms with Gasteiger partial charge in [-0.1, -0.05) is 0 Å². The maximum absolute atomic E-state index is 8.67. The molecule has 1 atom stereocenters. The Morgan fingerprint density at radius 3 is 2.89 bits per heavy atom. The predicted octanol–water partition coefficient (Wildman–Crippen LogP) is 3.73. The topological polar surface area (TPSA) is 84.5 Å². The maximum Gasteiger partial charge on any atom is 0.129 e. The van der Waals surface area contributed by atoms with Gasteiger partial charge in [0.2, 0.25) is 0 Å². The summed E-state index contributed by atoms with van der Waals surface area (Å²) in [5, 5.41) is 8.67. The molecule has 0 spiro atoms. The summed E-state index contributed by atoms with van der Waals surface area (Å²) < 4.78 is 11.3. The number of rotatable bonds is 6. The summed E-state index contributed by atoms with van der Waals surface area (Å²) in [6.45, 7) is 5.72. The molecule has 0 radical (unpaired) electrons. The molecule has 0 saturated carbocycles. The van der Waals surface area contributed by atoms with Crippen LogP contribution in [0.25, 0.3) is 0 Å². The van der Waals surface area contributed by atoms with Crippen molar-refractivity contribution >= 4 is 17.2 Å². The quantitative estimate of drug-likeness (QED) is 0.598. The first kappa shape index (κ1) is 19.2. The van der Waals surface area contributed by atoms with E-state index in [2.05, 4.69) is 9.88 Å². The summed E-state index contributed by atoms with van der Waals surface area (Å²) in [4.78, 5) is 6.72. The molecule has 1 fully saturated rings. The minimum Gasteiger partial charge on any atom is -0.491 e. The van der Waals surface area contributed by atoms with Gasteiger partial charge in [0.15, 0.2) is 0 Å². The van der Waals surface area contributed by atoms with Gasteiger partial charge in [0, 0.05) is 44.6 Å². The Morgan fingerprint density at radius 2 is 2.15 bits per heavy atom. The van der Waals surface area contributed by atoms with E-state index in [0.717, 1.165) is 37.3 Å². The first-order valence-electron chi connectivity index (χ1n) is 9.37. The van der Waals surface area contributed by atoms with Gasteiger partial charge in [-0.05, 0) is 57.0 Å². The van der Waals surface area contributed by atoms with Crippen molar-refractivity contribution in [3.05, 3.63) is 47.7 Å². The fourth-order valence-corrected chi connectivity index (χ4v) is 3.34. The van der Waals surface area contributed by atoms with Gasteiger partial charge in [0.1, 0.15) is 11.6 Å². The molecular weight excluding hydrogens is 340 g/mol. The van der Waals surface area contributed by atoms with Crippen LogP contribution in [-0.4, -0.2) is 43.1 Å². The number of hydrogen-bond donors (Lipinski definition) is 2. The van der Waals surface area contributed by atoms with Crippen LogP contribution in [0.5, 0.6) is 5.75 Å². The van der Waals surface area contributed by atoms with Crippen LogP contribution in [0.2, 0.25) is 0 Å². The Morgan fingerprint density at radius 1 is 1.33 bits per heavy atom. The first-order valence-corrected chi connectivity index (χ1v) is 9.37. The third-order valence-electron chi connectivity index (χ3n) is 4.74. The van der Waals surface area contributed by atoms with E-state index in [4.69, 9.17) is 20.6 Å². The minimum atomic E-state index is 0. The Balaban J connectivity index is 0.00000280. The number of nitrogens with zero attached hydrogens (tertiary/aromatic N) is 2. The maximum atomic E-state index is 8.67. The lowest BCUT2D eigenvalue weighted by Gasteiger charge is -2.32. The number of hydrogen-bond acceptors (Lipinski definition) is 6. The van der Waals surface area contributed by atoms with Crippen LogP contribution in [0.1, 0.15) is 39.2 Å². The summed E-state index contributed by atoms with van der Waals surface area (Å²) in [5.41, 5.74) is 8.52. The summed E-state index contributed by atoms with van der Waals surface area (Å²) in [6, 6.07) is 9.26. The number of piperidine rings is 1.